The van der Waals surface area contributed by atoms with Gasteiger partial charge in [0.05, 0.1) is 0 Å². The number of hydrogen-bond acceptors (Lipinski definition) is 13. The molecule has 6 atom stereocenters. The number of aromatic nitrogens is 2. The van der Waals surface area contributed by atoms with E-state index in [0.29, 0.717) is 10.8 Å². The van der Waals surface area contributed by atoms with E-state index < -0.39 is 56.6 Å². The van der Waals surface area contributed by atoms with Crippen molar-refractivity contribution in [3.8, 4) is 11.5 Å². The van der Waals surface area contributed by atoms with E-state index in [9.17, 15) is 30.2 Å². The molecule has 46 heavy (non-hydrogen) atoms. The average Bonchev–Trinajstić information content (AvgIpc) is 3.29. The Morgan fingerprint density at radius 2 is 1.93 bits per heavy atom. The number of fused-ring (bicyclic) bond motifs is 1. The molecule has 2 heterocycles. The minimum absolute atomic E-state index is 0.0123. The number of nitrogen functional groups attached to an aromatic ring is 1. The van der Waals surface area contributed by atoms with Crippen molar-refractivity contribution in [2.24, 2.45) is 9.86 Å². The zero-order valence-corrected chi connectivity index (χ0v) is 25.1. The predicted molar refractivity (Wildman–Crippen MR) is 162 cm³/mol. The highest BCUT2D eigenvalue weighted by Crippen LogP contribution is 2.43. The normalized spacial score (nSPS) is 21.7. The molecule has 17 heteroatoms. The van der Waals surface area contributed by atoms with Crippen LogP contribution in [0.4, 0.5) is 5.82 Å². The second-order valence-electron chi connectivity index (χ2n) is 10.1. The second-order valence-corrected chi connectivity index (χ2v) is 11.0. The molecule has 0 aliphatic carbocycles. The zero-order chi connectivity index (χ0) is 32.8. The van der Waals surface area contributed by atoms with Crippen LogP contribution in [-0.4, -0.2) is 56.3 Å². The van der Waals surface area contributed by atoms with Crippen LogP contribution in [0.2, 0.25) is 0 Å². The number of aliphatic hydroxyl groups excluding tert-OH is 2. The van der Waals surface area contributed by atoms with Crippen LogP contribution in [0.5, 0.6) is 11.5 Å². The van der Waals surface area contributed by atoms with Gasteiger partial charge in [-0.15, -0.1) is 0 Å². The lowest BCUT2D eigenvalue weighted by Crippen LogP contribution is -2.46. The van der Waals surface area contributed by atoms with E-state index in [2.05, 4.69) is 19.8 Å². The summed E-state index contributed by atoms with van der Waals surface area (Å²) in [5.74, 6) is -0.847. The first-order chi connectivity index (χ1) is 22.1. The van der Waals surface area contributed by atoms with Gasteiger partial charge in [0.25, 0.3) is 0 Å². The summed E-state index contributed by atoms with van der Waals surface area (Å²) in [6.45, 7) is 0.739. The monoisotopic (exact) mass is 649 g/mol. The molecule has 1 aromatic heterocycles. The first-order valence-corrected chi connectivity index (χ1v) is 14.9. The molecule has 0 spiro atoms. The van der Waals surface area contributed by atoms with E-state index in [1.165, 1.54) is 25.3 Å². The predicted octanol–water partition coefficient (Wildman–Crippen LogP) is 2.68. The highest BCUT2D eigenvalue weighted by atomic mass is 31.1. The number of nitrogens with two attached hydrogens (primary N) is 1. The summed E-state index contributed by atoms with van der Waals surface area (Å²) < 4.78 is 27.4. The molecule has 0 bridgehead atoms. The van der Waals surface area contributed by atoms with Crippen LogP contribution in [0.3, 0.4) is 0 Å². The van der Waals surface area contributed by atoms with Crippen molar-refractivity contribution >= 4 is 30.7 Å². The number of anilines is 1. The number of aliphatic hydroxyl groups is 2. The number of esters is 1. The summed E-state index contributed by atoms with van der Waals surface area (Å²) in [5, 5.41) is 26.4. The summed E-state index contributed by atoms with van der Waals surface area (Å²) >= 11 is 0. The smallest absolute Gasteiger partial charge is 0.395 e. The first kappa shape index (κ1) is 32.3. The van der Waals surface area contributed by atoms with Gasteiger partial charge in [-0.1, -0.05) is 70.5 Å². The van der Waals surface area contributed by atoms with Gasteiger partial charge in [-0.25, -0.2) is 9.59 Å². The summed E-state index contributed by atoms with van der Waals surface area (Å²) in [6, 6.07) is 19.2. The first-order valence-electron chi connectivity index (χ1n) is 13.8. The number of hydrogen-bond donors (Lipinski definition) is 3. The van der Waals surface area contributed by atoms with E-state index in [4.69, 9.17) is 24.5 Å². The van der Waals surface area contributed by atoms with Gasteiger partial charge in [0.2, 0.25) is 11.5 Å². The summed E-state index contributed by atoms with van der Waals surface area (Å²) in [6.07, 6.45) is -3.93. The van der Waals surface area contributed by atoms with Crippen molar-refractivity contribution in [3.05, 3.63) is 105 Å². The third-order valence-corrected chi connectivity index (χ3v) is 7.90. The molecule has 1 aliphatic heterocycles. The second kappa shape index (κ2) is 13.9. The largest absolute Gasteiger partial charge is 0.575 e. The molecule has 3 aromatic carbocycles. The number of carbonyl (C=O) groups excluding carboxylic acids is 1. The SMILES string of the molecule is C[C@H](/N=[P+](\[O-])Oc1c(OC[C@@]2(N=[N+]=[N-])O[C@@H](n3ccc(N)nc3=O)[C@H](O)[C@@H]2O)ccc2ccccc12)C(=O)OCc1ccccc1. The molecule has 1 fully saturated rings. The third kappa shape index (κ3) is 6.92. The van der Waals surface area contributed by atoms with E-state index in [1.54, 1.807) is 54.6 Å². The topological polar surface area (TPSA) is 240 Å². The van der Waals surface area contributed by atoms with E-state index >= 15 is 0 Å². The summed E-state index contributed by atoms with van der Waals surface area (Å²) in [4.78, 5) is 44.3. The van der Waals surface area contributed by atoms with Crippen LogP contribution in [0.25, 0.3) is 21.2 Å². The fraction of sp³-hybridized carbons (Fsp3) is 0.276. The number of ether oxygens (including phenoxy) is 3. The summed E-state index contributed by atoms with van der Waals surface area (Å²) in [7, 11) is -2.85. The lowest BCUT2D eigenvalue weighted by atomic mass is 10.1. The number of rotatable bonds is 11. The Hall–Kier alpha value is -5.08. The molecule has 5 rings (SSSR count). The Labute approximate surface area is 261 Å². The molecule has 238 valence electrons. The van der Waals surface area contributed by atoms with Crippen LogP contribution < -0.4 is 25.6 Å². The molecule has 1 unspecified atom stereocenters. The Morgan fingerprint density at radius 1 is 1.20 bits per heavy atom. The van der Waals surface area contributed by atoms with E-state index in [-0.39, 0.29) is 23.9 Å². The molecule has 0 saturated carbocycles. The van der Waals surface area contributed by atoms with Crippen molar-refractivity contribution in [2.45, 2.75) is 43.7 Å². The fourth-order valence-corrected chi connectivity index (χ4v) is 5.44. The fourth-order valence-electron chi connectivity index (χ4n) is 4.67. The van der Waals surface area contributed by atoms with Gasteiger partial charge < -0.3 is 35.1 Å². The highest BCUT2D eigenvalue weighted by Gasteiger charge is 2.56. The lowest BCUT2D eigenvalue weighted by Gasteiger charge is -2.27. The van der Waals surface area contributed by atoms with Crippen LogP contribution >= 0.6 is 8.17 Å². The molecular weight excluding hydrogens is 621 g/mol. The van der Waals surface area contributed by atoms with Crippen LogP contribution in [0.15, 0.2) is 93.6 Å². The van der Waals surface area contributed by atoms with Gasteiger partial charge in [0, 0.05) is 16.5 Å². The van der Waals surface area contributed by atoms with Gasteiger partial charge in [0.15, 0.2) is 18.0 Å². The Kier molecular flexibility index (Phi) is 9.78. The third-order valence-electron chi connectivity index (χ3n) is 7.02. The minimum atomic E-state index is -2.85. The van der Waals surface area contributed by atoms with Crippen LogP contribution in [0.1, 0.15) is 18.7 Å². The molecule has 1 saturated heterocycles. The van der Waals surface area contributed by atoms with Crippen LogP contribution in [-0.2, 0) is 20.9 Å². The summed E-state index contributed by atoms with van der Waals surface area (Å²) in [5.41, 5.74) is 12.5. The number of carbonyl (C=O) groups is 1. The average molecular weight is 650 g/mol. The Morgan fingerprint density at radius 3 is 2.67 bits per heavy atom. The van der Waals surface area contributed by atoms with Gasteiger partial charge in [0.1, 0.15) is 31.2 Å². The number of nitrogens with zero attached hydrogens (tertiary/aromatic N) is 6. The van der Waals surface area contributed by atoms with Gasteiger partial charge in [-0.2, -0.15) is 4.98 Å². The molecule has 16 nitrogen and oxygen atoms in total. The molecule has 4 N–H and O–H groups in total. The quantitative estimate of drug-likeness (QED) is 0.0701. The standard InChI is InChI=1S/C29H28N7O9P/c1-17(27(39)42-15-18-7-3-2-4-8-18)33-46(41)45-24-20-10-6-5-9-19(20)11-12-21(24)43-16-29(34-35-31)25(38)23(37)26(44-29)36-14-13-22(30)32-28(36)40/h2-14,17,23,25-26,37-38H,15-16H2,1H3,(H2,30,32,40)/t17-,23+,25-,26+,29+/m0/s1. The molecule has 4 aromatic rings. The molecular formula is C29H28N7O9P. The highest BCUT2D eigenvalue weighted by molar-refractivity contribution is 7.34. The van der Waals surface area contributed by atoms with Crippen LogP contribution in [0, 0.1) is 0 Å². The van der Waals surface area contributed by atoms with E-state index in [1.807, 2.05) is 6.07 Å². The van der Waals surface area contributed by atoms with Gasteiger partial charge in [-0.3, -0.25) is 9.09 Å². The Balaban J connectivity index is 1.38. The van der Waals surface area contributed by atoms with E-state index in [0.717, 1.165) is 10.1 Å². The van der Waals surface area contributed by atoms with Crippen molar-refractivity contribution in [2.75, 3.05) is 12.3 Å². The molecule has 0 radical (unpaired) electrons. The van der Waals surface area contributed by atoms with Crippen molar-refractivity contribution in [1.82, 2.24) is 9.55 Å². The molecule has 0 amide bonds. The number of benzene rings is 3. The van der Waals surface area contributed by atoms with Crippen molar-refractivity contribution in [3.63, 3.8) is 0 Å². The minimum Gasteiger partial charge on any atom is -0.575 e. The van der Waals surface area contributed by atoms with Gasteiger partial charge >= 0.3 is 19.8 Å². The Bertz CT molecular complexity index is 1870. The maximum atomic E-state index is 13.1. The number of azide groups is 1. The lowest BCUT2D eigenvalue weighted by molar-refractivity contribution is -0.169. The maximum Gasteiger partial charge on any atom is 0.395 e. The maximum absolute atomic E-state index is 13.1. The van der Waals surface area contributed by atoms with Crippen molar-refractivity contribution in [1.29, 1.82) is 0 Å². The molecule has 1 aliphatic rings. The van der Waals surface area contributed by atoms with Gasteiger partial charge in [-0.05, 0) is 35.5 Å². The zero-order valence-electron chi connectivity index (χ0n) is 24.2. The van der Waals surface area contributed by atoms with Crippen molar-refractivity contribution < 1.29 is 38.6 Å².